The number of anilines is 1. The molecule has 0 saturated carbocycles. The summed E-state index contributed by atoms with van der Waals surface area (Å²) in [5.74, 6) is 1.62. The molecule has 10 heteroatoms. The highest BCUT2D eigenvalue weighted by molar-refractivity contribution is 5.86. The van der Waals surface area contributed by atoms with Crippen molar-refractivity contribution in [3.63, 3.8) is 0 Å². The molecule has 5 rings (SSSR count). The van der Waals surface area contributed by atoms with Gasteiger partial charge in [-0.15, -0.1) is 5.10 Å². The van der Waals surface area contributed by atoms with Crippen molar-refractivity contribution in [2.75, 3.05) is 37.6 Å². The van der Waals surface area contributed by atoms with E-state index in [4.69, 9.17) is 0 Å². The molecule has 0 bridgehead atoms. The van der Waals surface area contributed by atoms with Crippen LogP contribution in [0.3, 0.4) is 0 Å². The molecule has 0 spiro atoms. The maximum Gasteiger partial charge on any atom is 0.266 e. The number of nitrogens with zero attached hydrogens (tertiary/aromatic N) is 8. The van der Waals surface area contributed by atoms with E-state index in [0.29, 0.717) is 12.4 Å². The smallest absolute Gasteiger partial charge is 0.266 e. The van der Waals surface area contributed by atoms with Crippen LogP contribution < -0.4 is 10.5 Å². The van der Waals surface area contributed by atoms with E-state index < -0.39 is 0 Å². The van der Waals surface area contributed by atoms with Gasteiger partial charge in [-0.05, 0) is 39.0 Å². The number of aromatic nitrogens is 7. The highest BCUT2D eigenvalue weighted by atomic mass is 16.1. The highest BCUT2D eigenvalue weighted by Crippen LogP contribution is 2.23. The van der Waals surface area contributed by atoms with Gasteiger partial charge in [-0.3, -0.25) is 9.69 Å². The van der Waals surface area contributed by atoms with Crippen molar-refractivity contribution < 1.29 is 0 Å². The quantitative estimate of drug-likeness (QED) is 0.508. The van der Waals surface area contributed by atoms with Crippen LogP contribution in [0.4, 0.5) is 5.82 Å². The first-order chi connectivity index (χ1) is 15.5. The van der Waals surface area contributed by atoms with Crippen LogP contribution in [0, 0.1) is 20.8 Å². The molecule has 166 valence electrons. The molecule has 0 unspecified atom stereocenters. The van der Waals surface area contributed by atoms with Gasteiger partial charge in [0.1, 0.15) is 11.8 Å². The van der Waals surface area contributed by atoms with Crippen LogP contribution in [0.5, 0.6) is 0 Å². The molecule has 4 aromatic heterocycles. The molecule has 1 aliphatic heterocycles. The van der Waals surface area contributed by atoms with Crippen molar-refractivity contribution >= 4 is 16.9 Å². The van der Waals surface area contributed by atoms with E-state index in [1.54, 1.807) is 23.1 Å². The van der Waals surface area contributed by atoms with E-state index in [0.717, 1.165) is 66.7 Å². The van der Waals surface area contributed by atoms with E-state index in [9.17, 15) is 4.79 Å². The standard InChI is InChI=1S/C22H27N9O/c1-15-13-18-21(25-15)22(24-14-23-18)29-9-6-28(7-10-29)8-11-30-20(32)5-4-19(27-30)31-17(3)12-16(2)26-31/h4-5,12-14,25H,6-11H2,1-3H3. The number of hydrogen-bond acceptors (Lipinski definition) is 7. The van der Waals surface area contributed by atoms with Gasteiger partial charge in [0, 0.05) is 50.2 Å². The zero-order valence-electron chi connectivity index (χ0n) is 18.6. The summed E-state index contributed by atoms with van der Waals surface area (Å²) in [6, 6.07) is 7.33. The maximum atomic E-state index is 12.4. The van der Waals surface area contributed by atoms with Crippen LogP contribution in [0.1, 0.15) is 17.1 Å². The summed E-state index contributed by atoms with van der Waals surface area (Å²) < 4.78 is 3.31. The summed E-state index contributed by atoms with van der Waals surface area (Å²) >= 11 is 0. The third-order valence-corrected chi connectivity index (χ3v) is 5.91. The largest absolute Gasteiger partial charge is 0.354 e. The molecule has 1 N–H and O–H groups in total. The van der Waals surface area contributed by atoms with E-state index in [1.807, 2.05) is 32.9 Å². The third-order valence-electron chi connectivity index (χ3n) is 5.91. The van der Waals surface area contributed by atoms with E-state index >= 15 is 0 Å². The van der Waals surface area contributed by atoms with Crippen LogP contribution in [0.15, 0.2) is 35.4 Å². The maximum absolute atomic E-state index is 12.4. The molecule has 32 heavy (non-hydrogen) atoms. The average Bonchev–Trinajstić information content (AvgIpc) is 3.33. The number of piperazine rings is 1. The molecule has 1 saturated heterocycles. The Morgan fingerprint density at radius 3 is 2.53 bits per heavy atom. The second-order valence-electron chi connectivity index (χ2n) is 8.33. The number of fused-ring (bicyclic) bond motifs is 1. The first-order valence-electron chi connectivity index (χ1n) is 10.9. The van der Waals surface area contributed by atoms with Gasteiger partial charge < -0.3 is 9.88 Å². The van der Waals surface area contributed by atoms with Crippen molar-refractivity contribution in [2.45, 2.75) is 27.3 Å². The lowest BCUT2D eigenvalue weighted by molar-refractivity contribution is 0.242. The number of H-pyrrole nitrogens is 1. The summed E-state index contributed by atoms with van der Waals surface area (Å²) in [5, 5.41) is 9.02. The first-order valence-corrected chi connectivity index (χ1v) is 10.9. The summed E-state index contributed by atoms with van der Waals surface area (Å²) in [6.45, 7) is 10.8. The van der Waals surface area contributed by atoms with Crippen LogP contribution in [-0.2, 0) is 6.54 Å². The summed E-state index contributed by atoms with van der Waals surface area (Å²) in [5.41, 5.74) is 4.85. The summed E-state index contributed by atoms with van der Waals surface area (Å²) in [7, 11) is 0. The lowest BCUT2D eigenvalue weighted by Crippen LogP contribution is -2.48. The van der Waals surface area contributed by atoms with Crippen molar-refractivity contribution in [1.82, 2.24) is 39.4 Å². The molecule has 0 amide bonds. The Labute approximate surface area is 185 Å². The van der Waals surface area contributed by atoms with Crippen LogP contribution >= 0.6 is 0 Å². The Kier molecular flexibility index (Phi) is 5.22. The average molecular weight is 434 g/mol. The highest BCUT2D eigenvalue weighted by Gasteiger charge is 2.21. The van der Waals surface area contributed by atoms with E-state index in [1.165, 1.54) is 4.68 Å². The molecular weight excluding hydrogens is 406 g/mol. The molecule has 10 nitrogen and oxygen atoms in total. The Bertz CT molecular complexity index is 1310. The zero-order chi connectivity index (χ0) is 22.2. The molecule has 0 atom stereocenters. The van der Waals surface area contributed by atoms with Crippen molar-refractivity contribution in [3.8, 4) is 5.82 Å². The van der Waals surface area contributed by atoms with Gasteiger partial charge >= 0.3 is 0 Å². The Hall–Kier alpha value is -3.53. The van der Waals surface area contributed by atoms with Crippen LogP contribution in [0.25, 0.3) is 16.9 Å². The molecule has 4 aromatic rings. The van der Waals surface area contributed by atoms with Gasteiger partial charge in [-0.1, -0.05) is 0 Å². The molecule has 0 aromatic carbocycles. The molecule has 5 heterocycles. The third kappa shape index (κ3) is 3.89. The topological polar surface area (TPSA) is 101 Å². The van der Waals surface area contributed by atoms with Crippen LogP contribution in [-0.4, -0.2) is 72.1 Å². The van der Waals surface area contributed by atoms with Crippen LogP contribution in [0.2, 0.25) is 0 Å². The lowest BCUT2D eigenvalue weighted by Gasteiger charge is -2.35. The van der Waals surface area contributed by atoms with Gasteiger partial charge in [0.2, 0.25) is 0 Å². The first kappa shape index (κ1) is 20.4. The number of rotatable bonds is 5. The van der Waals surface area contributed by atoms with Gasteiger partial charge in [-0.2, -0.15) is 5.10 Å². The Morgan fingerprint density at radius 2 is 1.78 bits per heavy atom. The number of nitrogens with one attached hydrogen (secondary N) is 1. The van der Waals surface area contributed by atoms with Crippen molar-refractivity contribution in [2.24, 2.45) is 0 Å². The fraction of sp³-hybridized carbons (Fsp3) is 0.409. The molecule has 1 aliphatic rings. The summed E-state index contributed by atoms with van der Waals surface area (Å²) in [4.78, 5) is 29.3. The van der Waals surface area contributed by atoms with Crippen molar-refractivity contribution in [1.29, 1.82) is 0 Å². The molecule has 0 radical (unpaired) electrons. The predicted octanol–water partition coefficient (Wildman–Crippen LogP) is 1.45. The Balaban J connectivity index is 1.24. The summed E-state index contributed by atoms with van der Waals surface area (Å²) in [6.07, 6.45) is 1.63. The zero-order valence-corrected chi connectivity index (χ0v) is 18.6. The second-order valence-corrected chi connectivity index (χ2v) is 8.33. The predicted molar refractivity (Wildman–Crippen MR) is 122 cm³/mol. The SMILES string of the molecule is Cc1cc(C)n(-c2ccc(=O)n(CCN3CCN(c4ncnc5cc(C)[nH]c45)CC3)n2)n1. The van der Waals surface area contributed by atoms with Crippen molar-refractivity contribution in [3.05, 3.63) is 58.0 Å². The molecular formula is C22H27N9O. The number of aromatic amines is 1. The van der Waals surface area contributed by atoms with Gasteiger partial charge in [-0.25, -0.2) is 19.3 Å². The van der Waals surface area contributed by atoms with Gasteiger partial charge in [0.15, 0.2) is 11.6 Å². The fourth-order valence-electron chi connectivity index (χ4n) is 4.29. The van der Waals surface area contributed by atoms with E-state index in [-0.39, 0.29) is 5.56 Å². The monoisotopic (exact) mass is 433 g/mol. The second kappa shape index (κ2) is 8.19. The molecule has 0 aliphatic carbocycles. The minimum Gasteiger partial charge on any atom is -0.354 e. The molecule has 1 fully saturated rings. The van der Waals surface area contributed by atoms with E-state index in [2.05, 4.69) is 34.9 Å². The van der Waals surface area contributed by atoms with Gasteiger partial charge in [0.25, 0.3) is 5.56 Å². The number of hydrogen-bond donors (Lipinski definition) is 1. The normalized spacial score (nSPS) is 15.0. The Morgan fingerprint density at radius 1 is 0.969 bits per heavy atom. The lowest BCUT2D eigenvalue weighted by atomic mass is 10.3. The van der Waals surface area contributed by atoms with Gasteiger partial charge in [0.05, 0.1) is 17.8 Å². The fourth-order valence-corrected chi connectivity index (χ4v) is 4.29. The minimum absolute atomic E-state index is 0.0978. The number of aryl methyl sites for hydroxylation is 3. The minimum atomic E-state index is -0.0978.